The number of carbonyl (C=O) groups is 1. The standard InChI is InChI=1S/C27H23ClN6O2/c1-15-10-19(16(2)30-20-8-9-23(28)32-25(20)27(35)36)24-21(11-15)31-22(12-29)26(33-24)34-13-18(14-34)17-6-4-3-5-7-17/h3-11,16,18,30H,13-14H2,1-2H3,(H,35,36)/t16-/m1/s1. The van der Waals surface area contributed by atoms with Gasteiger partial charge < -0.3 is 15.3 Å². The van der Waals surface area contributed by atoms with Gasteiger partial charge in [0.2, 0.25) is 0 Å². The number of carboxylic acids is 1. The Morgan fingerprint density at radius 1 is 1.17 bits per heavy atom. The molecule has 1 aliphatic rings. The number of halogens is 1. The van der Waals surface area contributed by atoms with Gasteiger partial charge in [0.25, 0.3) is 0 Å². The zero-order valence-corrected chi connectivity index (χ0v) is 20.5. The number of anilines is 2. The highest BCUT2D eigenvalue weighted by Gasteiger charge is 2.31. The molecule has 0 unspecified atom stereocenters. The summed E-state index contributed by atoms with van der Waals surface area (Å²) in [6.45, 7) is 5.38. The van der Waals surface area contributed by atoms with Gasteiger partial charge in [-0.3, -0.25) is 0 Å². The van der Waals surface area contributed by atoms with Crippen molar-refractivity contribution in [3.05, 3.63) is 87.8 Å². The second-order valence-corrected chi connectivity index (χ2v) is 9.33. The lowest BCUT2D eigenvalue weighted by Gasteiger charge is -2.40. The first-order chi connectivity index (χ1) is 17.3. The maximum absolute atomic E-state index is 11.7. The van der Waals surface area contributed by atoms with Crippen LogP contribution in [0.3, 0.4) is 0 Å². The number of nitriles is 1. The zero-order valence-electron chi connectivity index (χ0n) is 19.7. The molecular formula is C27H23ClN6O2. The monoisotopic (exact) mass is 498 g/mol. The summed E-state index contributed by atoms with van der Waals surface area (Å²) in [6, 6.07) is 19.2. The van der Waals surface area contributed by atoms with Gasteiger partial charge >= 0.3 is 5.97 Å². The van der Waals surface area contributed by atoms with Crippen LogP contribution >= 0.6 is 11.6 Å². The van der Waals surface area contributed by atoms with Crippen LogP contribution in [0.15, 0.2) is 54.6 Å². The summed E-state index contributed by atoms with van der Waals surface area (Å²) >= 11 is 5.91. The first-order valence-corrected chi connectivity index (χ1v) is 11.9. The number of rotatable bonds is 6. The third-order valence-electron chi connectivity index (χ3n) is 6.39. The predicted molar refractivity (Wildman–Crippen MR) is 139 cm³/mol. The third kappa shape index (κ3) is 4.41. The molecule has 1 saturated heterocycles. The summed E-state index contributed by atoms with van der Waals surface area (Å²) in [6.07, 6.45) is 0. The lowest BCUT2D eigenvalue weighted by atomic mass is 9.91. The van der Waals surface area contributed by atoms with Crippen molar-refractivity contribution >= 4 is 40.1 Å². The molecule has 2 aromatic heterocycles. The summed E-state index contributed by atoms with van der Waals surface area (Å²) in [4.78, 5) is 27.3. The average Bonchev–Trinajstić information content (AvgIpc) is 2.84. The number of hydrogen-bond acceptors (Lipinski definition) is 7. The molecule has 8 nitrogen and oxygen atoms in total. The Morgan fingerprint density at radius 2 is 1.92 bits per heavy atom. The van der Waals surface area contributed by atoms with E-state index in [1.807, 2.05) is 44.2 Å². The smallest absolute Gasteiger partial charge is 0.356 e. The molecule has 0 bridgehead atoms. The van der Waals surface area contributed by atoms with Gasteiger partial charge in [0, 0.05) is 24.6 Å². The molecule has 0 saturated carbocycles. The van der Waals surface area contributed by atoms with E-state index in [1.54, 1.807) is 12.1 Å². The minimum Gasteiger partial charge on any atom is -0.476 e. The van der Waals surface area contributed by atoms with Crippen LogP contribution in [-0.2, 0) is 0 Å². The fourth-order valence-corrected chi connectivity index (χ4v) is 4.71. The zero-order chi connectivity index (χ0) is 25.4. The maximum atomic E-state index is 11.7. The molecule has 3 heterocycles. The second-order valence-electron chi connectivity index (χ2n) is 8.94. The van der Waals surface area contributed by atoms with Gasteiger partial charge in [0.1, 0.15) is 11.2 Å². The van der Waals surface area contributed by atoms with Crippen LogP contribution in [0.25, 0.3) is 11.0 Å². The number of nitrogens with zero attached hydrogens (tertiary/aromatic N) is 5. The highest BCUT2D eigenvalue weighted by Crippen LogP contribution is 2.35. The molecule has 36 heavy (non-hydrogen) atoms. The van der Waals surface area contributed by atoms with Gasteiger partial charge in [-0.1, -0.05) is 48.0 Å². The molecule has 9 heteroatoms. The van der Waals surface area contributed by atoms with Gasteiger partial charge in [0.15, 0.2) is 17.2 Å². The van der Waals surface area contributed by atoms with Crippen LogP contribution in [-0.4, -0.2) is 39.1 Å². The van der Waals surface area contributed by atoms with E-state index in [1.165, 1.54) is 5.56 Å². The van der Waals surface area contributed by atoms with Crippen molar-refractivity contribution in [2.45, 2.75) is 25.8 Å². The van der Waals surface area contributed by atoms with E-state index in [-0.39, 0.29) is 16.9 Å². The van der Waals surface area contributed by atoms with E-state index in [4.69, 9.17) is 16.6 Å². The first-order valence-electron chi connectivity index (χ1n) is 11.5. The Labute approximate surface area is 213 Å². The molecule has 2 aromatic carbocycles. The largest absolute Gasteiger partial charge is 0.476 e. The van der Waals surface area contributed by atoms with Crippen molar-refractivity contribution in [3.63, 3.8) is 0 Å². The van der Waals surface area contributed by atoms with E-state index in [9.17, 15) is 15.2 Å². The molecule has 4 aromatic rings. The summed E-state index contributed by atoms with van der Waals surface area (Å²) < 4.78 is 0. The Morgan fingerprint density at radius 3 is 2.61 bits per heavy atom. The Balaban J connectivity index is 1.51. The number of fused-ring (bicyclic) bond motifs is 1. The molecule has 1 fully saturated rings. The molecule has 0 spiro atoms. The van der Waals surface area contributed by atoms with Crippen molar-refractivity contribution in [1.82, 2.24) is 15.0 Å². The van der Waals surface area contributed by atoms with Crippen LogP contribution < -0.4 is 10.2 Å². The lowest BCUT2D eigenvalue weighted by Crippen LogP contribution is -2.46. The first kappa shape index (κ1) is 23.5. The van der Waals surface area contributed by atoms with Crippen LogP contribution in [0.5, 0.6) is 0 Å². The van der Waals surface area contributed by atoms with E-state index in [0.717, 1.165) is 24.2 Å². The maximum Gasteiger partial charge on any atom is 0.356 e. The van der Waals surface area contributed by atoms with E-state index in [0.29, 0.717) is 34.2 Å². The molecule has 0 radical (unpaired) electrons. The topological polar surface area (TPSA) is 115 Å². The summed E-state index contributed by atoms with van der Waals surface area (Å²) in [5, 5.41) is 22.7. The van der Waals surface area contributed by atoms with Crippen molar-refractivity contribution in [1.29, 1.82) is 5.26 Å². The number of carboxylic acid groups (broad SMARTS) is 1. The van der Waals surface area contributed by atoms with Crippen molar-refractivity contribution in [2.75, 3.05) is 23.3 Å². The van der Waals surface area contributed by atoms with Crippen LogP contribution in [0.4, 0.5) is 11.5 Å². The number of hydrogen-bond donors (Lipinski definition) is 2. The van der Waals surface area contributed by atoms with Gasteiger partial charge in [-0.25, -0.2) is 19.7 Å². The van der Waals surface area contributed by atoms with Crippen LogP contribution in [0, 0.1) is 18.3 Å². The van der Waals surface area contributed by atoms with E-state index in [2.05, 4.69) is 38.4 Å². The lowest BCUT2D eigenvalue weighted by molar-refractivity contribution is 0.0691. The molecule has 1 atom stereocenters. The number of aryl methyl sites for hydroxylation is 1. The normalized spacial score (nSPS) is 14.2. The van der Waals surface area contributed by atoms with Crippen molar-refractivity contribution in [3.8, 4) is 6.07 Å². The quantitative estimate of drug-likeness (QED) is 0.342. The Bertz CT molecular complexity index is 1510. The average molecular weight is 499 g/mol. The number of nitrogens with one attached hydrogen (secondary N) is 1. The third-order valence-corrected chi connectivity index (χ3v) is 6.60. The van der Waals surface area contributed by atoms with E-state index >= 15 is 0 Å². The van der Waals surface area contributed by atoms with Crippen LogP contribution in [0.2, 0.25) is 5.15 Å². The van der Waals surface area contributed by atoms with Gasteiger partial charge in [-0.2, -0.15) is 5.26 Å². The molecule has 0 aliphatic carbocycles. The molecule has 2 N–H and O–H groups in total. The predicted octanol–water partition coefficient (Wildman–Crippen LogP) is 5.33. The highest BCUT2D eigenvalue weighted by molar-refractivity contribution is 6.29. The summed E-state index contributed by atoms with van der Waals surface area (Å²) in [5.41, 5.74) is 4.83. The number of aromatic nitrogens is 3. The molecule has 1 aliphatic heterocycles. The van der Waals surface area contributed by atoms with Crippen molar-refractivity contribution < 1.29 is 9.90 Å². The molecule has 5 rings (SSSR count). The fraction of sp³-hybridized carbons (Fsp3) is 0.222. The van der Waals surface area contributed by atoms with Gasteiger partial charge in [0.05, 0.1) is 22.8 Å². The molecule has 0 amide bonds. The van der Waals surface area contributed by atoms with Crippen LogP contribution in [0.1, 0.15) is 51.8 Å². The summed E-state index contributed by atoms with van der Waals surface area (Å²) in [7, 11) is 0. The number of benzene rings is 2. The minimum absolute atomic E-state index is 0.106. The molecule has 180 valence electrons. The Kier molecular flexibility index (Phi) is 6.17. The number of aromatic carboxylic acids is 1. The summed E-state index contributed by atoms with van der Waals surface area (Å²) in [5.74, 6) is -0.234. The minimum atomic E-state index is -1.17. The highest BCUT2D eigenvalue weighted by atomic mass is 35.5. The van der Waals surface area contributed by atoms with Gasteiger partial charge in [-0.15, -0.1) is 0 Å². The second kappa shape index (κ2) is 9.44. The van der Waals surface area contributed by atoms with Crippen molar-refractivity contribution in [2.24, 2.45) is 0 Å². The number of pyridine rings is 1. The molecular weight excluding hydrogens is 476 g/mol. The SMILES string of the molecule is Cc1cc([C@@H](C)Nc2ccc(Cl)nc2C(=O)O)c2nc(N3CC(c4ccccc4)C3)c(C#N)nc2c1. The fourth-order valence-electron chi connectivity index (χ4n) is 4.56. The van der Waals surface area contributed by atoms with Gasteiger partial charge in [-0.05, 0) is 43.2 Å². The van der Waals surface area contributed by atoms with E-state index < -0.39 is 5.97 Å². The Hall–Kier alpha value is -4.22.